The highest BCUT2D eigenvalue weighted by Crippen LogP contribution is 2.47. The lowest BCUT2D eigenvalue weighted by Crippen LogP contribution is -2.22. The number of aromatic hydroxyl groups is 2. The molecule has 3 rings (SSSR count). The maximum Gasteiger partial charge on any atom is 0.174 e. The zero-order valence-electron chi connectivity index (χ0n) is 15.6. The van der Waals surface area contributed by atoms with Gasteiger partial charge in [0.05, 0.1) is 6.42 Å². The van der Waals surface area contributed by atoms with E-state index in [2.05, 4.69) is 0 Å². The van der Waals surface area contributed by atoms with E-state index in [0.717, 1.165) is 16.7 Å². The Bertz CT molecular complexity index is 888. The lowest BCUT2D eigenvalue weighted by Gasteiger charge is -2.29. The Hall–Kier alpha value is -2.75. The zero-order valence-corrected chi connectivity index (χ0v) is 15.6. The van der Waals surface area contributed by atoms with Crippen LogP contribution in [0.4, 0.5) is 0 Å². The number of aryl methyl sites for hydroxylation is 1. The molecule has 4 heteroatoms. The van der Waals surface area contributed by atoms with Gasteiger partial charge in [0.2, 0.25) is 0 Å². The van der Waals surface area contributed by atoms with Crippen molar-refractivity contribution in [1.82, 2.24) is 0 Å². The molecule has 2 N–H and O–H groups in total. The number of rotatable bonds is 3. The number of ketones is 1. The summed E-state index contributed by atoms with van der Waals surface area (Å²) in [5.74, 6) is -0.0808. The molecular formula is C22H24O4. The molecule has 0 spiro atoms. The van der Waals surface area contributed by atoms with E-state index in [1.54, 1.807) is 6.92 Å². The molecule has 26 heavy (non-hydrogen) atoms. The van der Waals surface area contributed by atoms with Crippen LogP contribution < -0.4 is 4.74 Å². The molecule has 0 aromatic heterocycles. The Morgan fingerprint density at radius 1 is 1.15 bits per heavy atom. The molecule has 0 bridgehead atoms. The molecule has 0 saturated carbocycles. The van der Waals surface area contributed by atoms with E-state index < -0.39 is 6.10 Å². The number of ether oxygens (including phenoxy) is 1. The highest BCUT2D eigenvalue weighted by Gasteiger charge is 2.34. The average molecular weight is 352 g/mol. The first-order valence-electron chi connectivity index (χ1n) is 8.76. The second kappa shape index (κ2) is 6.87. The monoisotopic (exact) mass is 352 g/mol. The van der Waals surface area contributed by atoms with Crippen molar-refractivity contribution >= 4 is 5.78 Å². The van der Waals surface area contributed by atoms with Gasteiger partial charge in [0.15, 0.2) is 5.78 Å². The third-order valence-electron chi connectivity index (χ3n) is 4.80. The van der Waals surface area contributed by atoms with Crippen molar-refractivity contribution in [3.8, 4) is 17.2 Å². The number of phenolic OH excluding ortho intramolecular Hbond substituents is 2. The Kier molecular flexibility index (Phi) is 4.77. The van der Waals surface area contributed by atoms with Crippen LogP contribution in [0.15, 0.2) is 35.9 Å². The van der Waals surface area contributed by atoms with Crippen LogP contribution in [0.1, 0.15) is 59.0 Å². The standard InChI is InChI=1S/C22H24O4/c1-12(2)5-10-16-20(24)14(4)22-19(21(16)25)17(23)11-18(26-22)15-8-6-13(3)7-9-15/h5-9,18,24-25H,10-11H2,1-4H3. The van der Waals surface area contributed by atoms with Crippen molar-refractivity contribution in [2.75, 3.05) is 0 Å². The Balaban J connectivity index is 2.06. The maximum absolute atomic E-state index is 12.8. The second-order valence-corrected chi connectivity index (χ2v) is 7.13. The van der Waals surface area contributed by atoms with Crippen LogP contribution in [0.3, 0.4) is 0 Å². The fourth-order valence-electron chi connectivity index (χ4n) is 3.22. The number of benzene rings is 2. The molecule has 2 aromatic carbocycles. The van der Waals surface area contributed by atoms with Crippen LogP contribution in [-0.4, -0.2) is 16.0 Å². The van der Waals surface area contributed by atoms with Crippen LogP contribution in [0.2, 0.25) is 0 Å². The van der Waals surface area contributed by atoms with Gasteiger partial charge in [-0.3, -0.25) is 4.79 Å². The number of carbonyl (C=O) groups excluding carboxylic acids is 1. The smallest absolute Gasteiger partial charge is 0.174 e. The molecule has 0 saturated heterocycles. The zero-order chi connectivity index (χ0) is 19.0. The van der Waals surface area contributed by atoms with Gasteiger partial charge in [-0.15, -0.1) is 0 Å². The normalized spacial score (nSPS) is 16.0. The number of phenols is 2. The summed E-state index contributed by atoms with van der Waals surface area (Å²) in [6, 6.07) is 7.83. The van der Waals surface area contributed by atoms with E-state index in [4.69, 9.17) is 4.74 Å². The molecule has 1 heterocycles. The van der Waals surface area contributed by atoms with Crippen molar-refractivity contribution in [3.05, 3.63) is 63.7 Å². The molecule has 0 amide bonds. The van der Waals surface area contributed by atoms with Gasteiger partial charge in [0.1, 0.15) is 28.9 Å². The highest BCUT2D eigenvalue weighted by molar-refractivity contribution is 6.04. The molecule has 136 valence electrons. The van der Waals surface area contributed by atoms with Crippen molar-refractivity contribution < 1.29 is 19.7 Å². The lowest BCUT2D eigenvalue weighted by atomic mass is 9.90. The molecule has 1 aliphatic heterocycles. The molecule has 0 fully saturated rings. The van der Waals surface area contributed by atoms with Gasteiger partial charge in [-0.25, -0.2) is 0 Å². The van der Waals surface area contributed by atoms with Gasteiger partial charge < -0.3 is 14.9 Å². The summed E-state index contributed by atoms with van der Waals surface area (Å²) in [6.07, 6.45) is 2.01. The van der Waals surface area contributed by atoms with E-state index >= 15 is 0 Å². The van der Waals surface area contributed by atoms with Crippen molar-refractivity contribution in [2.24, 2.45) is 0 Å². The Morgan fingerprint density at radius 2 is 1.81 bits per heavy atom. The maximum atomic E-state index is 12.8. The SMILES string of the molecule is CC(C)=CCc1c(O)c(C)c2c(c1O)C(=O)CC(c1ccc(C)cc1)O2. The molecule has 1 atom stereocenters. The third kappa shape index (κ3) is 3.19. The minimum atomic E-state index is -0.420. The summed E-state index contributed by atoms with van der Waals surface area (Å²) in [5, 5.41) is 21.2. The van der Waals surface area contributed by atoms with E-state index in [0.29, 0.717) is 17.5 Å². The van der Waals surface area contributed by atoms with Crippen molar-refractivity contribution in [2.45, 2.75) is 46.6 Å². The van der Waals surface area contributed by atoms with Gasteiger partial charge in [-0.2, -0.15) is 0 Å². The summed E-state index contributed by atoms with van der Waals surface area (Å²) in [4.78, 5) is 12.8. The number of allylic oxidation sites excluding steroid dienone is 2. The van der Waals surface area contributed by atoms with Crippen LogP contribution in [-0.2, 0) is 6.42 Å². The number of fused-ring (bicyclic) bond motifs is 1. The predicted molar refractivity (Wildman–Crippen MR) is 101 cm³/mol. The summed E-state index contributed by atoms with van der Waals surface area (Å²) < 4.78 is 6.05. The van der Waals surface area contributed by atoms with E-state index in [1.807, 2.05) is 51.1 Å². The largest absolute Gasteiger partial charge is 0.507 e. The fourth-order valence-corrected chi connectivity index (χ4v) is 3.22. The number of hydrogen-bond donors (Lipinski definition) is 2. The van der Waals surface area contributed by atoms with Crippen molar-refractivity contribution in [1.29, 1.82) is 0 Å². The summed E-state index contributed by atoms with van der Waals surface area (Å²) in [6.45, 7) is 7.60. The van der Waals surface area contributed by atoms with Crippen molar-refractivity contribution in [3.63, 3.8) is 0 Å². The van der Waals surface area contributed by atoms with Gasteiger partial charge in [0, 0.05) is 11.1 Å². The summed E-state index contributed by atoms with van der Waals surface area (Å²) >= 11 is 0. The minimum Gasteiger partial charge on any atom is -0.507 e. The summed E-state index contributed by atoms with van der Waals surface area (Å²) in [5.41, 5.74) is 4.14. The number of carbonyl (C=O) groups is 1. The number of hydrogen-bond acceptors (Lipinski definition) is 4. The Morgan fingerprint density at radius 3 is 2.42 bits per heavy atom. The first-order chi connectivity index (χ1) is 12.3. The summed E-state index contributed by atoms with van der Waals surface area (Å²) in [7, 11) is 0. The fraction of sp³-hybridized carbons (Fsp3) is 0.318. The first kappa shape index (κ1) is 18.1. The molecule has 2 aromatic rings. The Labute approximate surface area is 153 Å². The molecule has 1 aliphatic rings. The predicted octanol–water partition coefficient (Wildman–Crippen LogP) is 4.93. The molecular weight excluding hydrogens is 328 g/mol. The topological polar surface area (TPSA) is 66.8 Å². The highest BCUT2D eigenvalue weighted by atomic mass is 16.5. The van der Waals surface area contributed by atoms with Gasteiger partial charge in [-0.1, -0.05) is 41.5 Å². The van der Waals surface area contributed by atoms with Crippen LogP contribution >= 0.6 is 0 Å². The van der Waals surface area contributed by atoms with Crippen LogP contribution in [0.25, 0.3) is 0 Å². The third-order valence-corrected chi connectivity index (χ3v) is 4.80. The van der Waals surface area contributed by atoms with Gasteiger partial charge in [-0.05, 0) is 39.7 Å². The van der Waals surface area contributed by atoms with E-state index in [9.17, 15) is 15.0 Å². The molecule has 4 nitrogen and oxygen atoms in total. The lowest BCUT2D eigenvalue weighted by molar-refractivity contribution is 0.0842. The van der Waals surface area contributed by atoms with E-state index in [-0.39, 0.29) is 35.0 Å². The van der Waals surface area contributed by atoms with Gasteiger partial charge in [0.25, 0.3) is 0 Å². The molecule has 1 unspecified atom stereocenters. The van der Waals surface area contributed by atoms with E-state index in [1.165, 1.54) is 0 Å². The van der Waals surface area contributed by atoms with Gasteiger partial charge >= 0.3 is 0 Å². The minimum absolute atomic E-state index is 0.0175. The molecule has 0 aliphatic carbocycles. The quantitative estimate of drug-likeness (QED) is 0.769. The average Bonchev–Trinajstić information content (AvgIpc) is 2.59. The van der Waals surface area contributed by atoms with Crippen LogP contribution in [0, 0.1) is 13.8 Å². The van der Waals surface area contributed by atoms with Crippen LogP contribution in [0.5, 0.6) is 17.2 Å². The first-order valence-corrected chi connectivity index (χ1v) is 8.76. The second-order valence-electron chi connectivity index (χ2n) is 7.13. The molecule has 0 radical (unpaired) electrons. The number of Topliss-reactive ketones (excluding diaryl/α,β-unsaturated/α-hetero) is 1.